The van der Waals surface area contributed by atoms with Gasteiger partial charge in [0.05, 0.1) is 32.5 Å². The Morgan fingerprint density at radius 1 is 0.917 bits per heavy atom. The number of ether oxygens (including phenoxy) is 5. The van der Waals surface area contributed by atoms with Gasteiger partial charge in [-0.05, 0) is 41.1 Å². The van der Waals surface area contributed by atoms with E-state index in [4.69, 9.17) is 23.7 Å². The first-order chi connectivity index (χ1) is 17.4. The van der Waals surface area contributed by atoms with Crippen LogP contribution in [0.4, 0.5) is 0 Å². The molecule has 0 unspecified atom stereocenters. The van der Waals surface area contributed by atoms with Crippen molar-refractivity contribution >= 4 is 22.5 Å². The molecule has 4 rings (SSSR count). The van der Waals surface area contributed by atoms with Crippen molar-refractivity contribution in [3.05, 3.63) is 41.5 Å². The number of aromatic hydroxyl groups is 1. The third kappa shape index (κ3) is 4.27. The first-order valence-electron chi connectivity index (χ1n) is 11.8. The maximum absolute atomic E-state index is 13.7. The van der Waals surface area contributed by atoms with Crippen LogP contribution in [0.25, 0.3) is 21.9 Å². The Balaban J connectivity index is 2.12. The summed E-state index contributed by atoms with van der Waals surface area (Å²) in [7, 11) is 4.29. The minimum Gasteiger partial charge on any atom is -0.507 e. The maximum Gasteiger partial charge on any atom is 0.339 e. The molecule has 190 valence electrons. The number of phenols is 1. The van der Waals surface area contributed by atoms with E-state index in [1.54, 1.807) is 30.3 Å². The summed E-state index contributed by atoms with van der Waals surface area (Å²) in [6.07, 6.45) is 1.78. The third-order valence-corrected chi connectivity index (χ3v) is 6.74. The van der Waals surface area contributed by atoms with Gasteiger partial charge < -0.3 is 28.8 Å². The van der Waals surface area contributed by atoms with Crippen molar-refractivity contribution in [2.45, 2.75) is 33.1 Å². The molecule has 1 heterocycles. The average molecular weight is 495 g/mol. The number of rotatable bonds is 9. The molecule has 0 saturated carbocycles. The maximum atomic E-state index is 13.7. The molecule has 0 amide bonds. The van der Waals surface area contributed by atoms with Crippen LogP contribution in [0.3, 0.4) is 0 Å². The summed E-state index contributed by atoms with van der Waals surface area (Å²) in [6, 6.07) is 8.53. The second-order valence-corrected chi connectivity index (χ2v) is 8.60. The van der Waals surface area contributed by atoms with Crippen molar-refractivity contribution in [3.8, 4) is 39.9 Å². The van der Waals surface area contributed by atoms with Gasteiger partial charge in [0.2, 0.25) is 6.79 Å². The van der Waals surface area contributed by atoms with Gasteiger partial charge in [0.15, 0.2) is 28.8 Å². The van der Waals surface area contributed by atoms with E-state index < -0.39 is 5.97 Å². The number of fused-ring (bicyclic) bond motifs is 2. The molecule has 1 aliphatic heterocycles. The predicted molar refractivity (Wildman–Crippen MR) is 135 cm³/mol. The summed E-state index contributed by atoms with van der Waals surface area (Å²) in [6.45, 7) is 4.06. The SMILES string of the molecule is CCC(CC)CC(=O)c1c(C(=O)OC)c(-c2ccc(OC)c(OC)c2)c2cc3c(cc2c1O)OCO3. The molecule has 0 bridgehead atoms. The molecule has 36 heavy (non-hydrogen) atoms. The van der Waals surface area contributed by atoms with Crippen LogP contribution in [0.15, 0.2) is 30.3 Å². The Morgan fingerprint density at radius 2 is 1.56 bits per heavy atom. The van der Waals surface area contributed by atoms with E-state index >= 15 is 0 Å². The summed E-state index contributed by atoms with van der Waals surface area (Å²) < 4.78 is 27.1. The minimum absolute atomic E-state index is 0.00968. The van der Waals surface area contributed by atoms with E-state index in [1.165, 1.54) is 21.3 Å². The van der Waals surface area contributed by atoms with Crippen LogP contribution in [-0.4, -0.2) is 45.0 Å². The van der Waals surface area contributed by atoms with E-state index in [0.29, 0.717) is 44.9 Å². The Labute approximate surface area is 209 Å². The number of carbonyl (C=O) groups is 2. The van der Waals surface area contributed by atoms with Crippen molar-refractivity contribution in [1.29, 1.82) is 0 Å². The quantitative estimate of drug-likeness (QED) is 0.296. The molecule has 3 aromatic carbocycles. The zero-order chi connectivity index (χ0) is 26.0. The Hall–Kier alpha value is -3.94. The van der Waals surface area contributed by atoms with Gasteiger partial charge >= 0.3 is 5.97 Å². The van der Waals surface area contributed by atoms with E-state index in [1.807, 2.05) is 13.8 Å². The predicted octanol–water partition coefficient (Wildman–Crippen LogP) is 5.75. The zero-order valence-corrected chi connectivity index (χ0v) is 21.1. The van der Waals surface area contributed by atoms with Crippen LogP contribution in [0.1, 0.15) is 53.8 Å². The highest BCUT2D eigenvalue weighted by atomic mass is 16.7. The number of phenolic OH excluding ortho intramolecular Hbond substituents is 1. The fraction of sp³-hybridized carbons (Fsp3) is 0.357. The lowest BCUT2D eigenvalue weighted by Crippen LogP contribution is -2.16. The number of hydrogen-bond donors (Lipinski definition) is 1. The molecule has 8 nitrogen and oxygen atoms in total. The Morgan fingerprint density at radius 3 is 2.14 bits per heavy atom. The molecule has 0 spiro atoms. The van der Waals surface area contributed by atoms with Gasteiger partial charge in [-0.3, -0.25) is 4.79 Å². The van der Waals surface area contributed by atoms with Gasteiger partial charge in [-0.15, -0.1) is 0 Å². The number of hydrogen-bond acceptors (Lipinski definition) is 8. The number of methoxy groups -OCH3 is 3. The highest BCUT2D eigenvalue weighted by Crippen LogP contribution is 2.48. The number of Topliss-reactive ketones (excluding diaryl/α,β-unsaturated/α-hetero) is 1. The van der Waals surface area contributed by atoms with Crippen molar-refractivity contribution in [3.63, 3.8) is 0 Å². The van der Waals surface area contributed by atoms with Crippen LogP contribution in [-0.2, 0) is 4.74 Å². The van der Waals surface area contributed by atoms with Gasteiger partial charge in [0.1, 0.15) is 5.75 Å². The summed E-state index contributed by atoms with van der Waals surface area (Å²) in [5.74, 6) is 0.619. The molecule has 0 atom stereocenters. The van der Waals surface area contributed by atoms with Gasteiger partial charge in [-0.2, -0.15) is 0 Å². The number of ketones is 1. The van der Waals surface area contributed by atoms with Crippen LogP contribution in [0, 0.1) is 5.92 Å². The van der Waals surface area contributed by atoms with Crippen molar-refractivity contribution < 1.29 is 38.4 Å². The fourth-order valence-electron chi connectivity index (χ4n) is 4.67. The summed E-state index contributed by atoms with van der Waals surface area (Å²) in [5.41, 5.74) is 0.921. The summed E-state index contributed by atoms with van der Waals surface area (Å²) >= 11 is 0. The molecular formula is C28H30O8. The molecule has 1 N–H and O–H groups in total. The molecule has 3 aromatic rings. The standard InChI is InChI=1S/C28H30O8/c1-6-15(7-2)10-19(29)25-26(28(31)34-5)24(16-8-9-20(32-3)21(11-16)33-4)17-12-22-23(36-14-35-22)13-18(17)27(25)30/h8-9,11-13,15,30H,6-7,10,14H2,1-5H3. The normalized spacial score (nSPS) is 12.2. The van der Waals surface area contributed by atoms with Crippen LogP contribution < -0.4 is 18.9 Å². The molecular weight excluding hydrogens is 464 g/mol. The Bertz CT molecular complexity index is 1320. The van der Waals surface area contributed by atoms with Crippen molar-refractivity contribution in [2.24, 2.45) is 5.92 Å². The lowest BCUT2D eigenvalue weighted by molar-refractivity contribution is 0.0597. The van der Waals surface area contributed by atoms with Crippen LogP contribution in [0.5, 0.6) is 28.7 Å². The molecule has 0 fully saturated rings. The fourth-order valence-corrected chi connectivity index (χ4v) is 4.67. The first-order valence-corrected chi connectivity index (χ1v) is 11.8. The second-order valence-electron chi connectivity index (χ2n) is 8.60. The third-order valence-electron chi connectivity index (χ3n) is 6.74. The lowest BCUT2D eigenvalue weighted by atomic mass is 9.84. The highest BCUT2D eigenvalue weighted by molar-refractivity contribution is 6.20. The topological polar surface area (TPSA) is 101 Å². The molecule has 1 aliphatic rings. The van der Waals surface area contributed by atoms with E-state index in [-0.39, 0.29) is 41.8 Å². The van der Waals surface area contributed by atoms with E-state index in [9.17, 15) is 14.7 Å². The first kappa shape index (κ1) is 25.2. The van der Waals surface area contributed by atoms with Crippen molar-refractivity contribution in [1.82, 2.24) is 0 Å². The largest absolute Gasteiger partial charge is 0.507 e. The number of carbonyl (C=O) groups excluding carboxylic acids is 2. The van der Waals surface area contributed by atoms with Gasteiger partial charge in [0, 0.05) is 17.4 Å². The second kappa shape index (κ2) is 10.4. The van der Waals surface area contributed by atoms with Crippen molar-refractivity contribution in [2.75, 3.05) is 28.1 Å². The van der Waals surface area contributed by atoms with E-state index in [2.05, 4.69) is 0 Å². The smallest absolute Gasteiger partial charge is 0.339 e. The molecule has 0 aliphatic carbocycles. The monoisotopic (exact) mass is 494 g/mol. The summed E-state index contributed by atoms with van der Waals surface area (Å²) in [4.78, 5) is 26.9. The zero-order valence-electron chi connectivity index (χ0n) is 21.1. The highest BCUT2D eigenvalue weighted by Gasteiger charge is 2.32. The van der Waals surface area contributed by atoms with Crippen LogP contribution in [0.2, 0.25) is 0 Å². The average Bonchev–Trinajstić information content (AvgIpc) is 3.37. The number of esters is 1. The molecule has 8 heteroatoms. The Kier molecular flexibility index (Phi) is 7.24. The minimum atomic E-state index is -0.734. The van der Waals surface area contributed by atoms with Gasteiger partial charge in [-0.1, -0.05) is 32.8 Å². The summed E-state index contributed by atoms with van der Waals surface area (Å²) in [5, 5.41) is 12.3. The van der Waals surface area contributed by atoms with Crippen LogP contribution >= 0.6 is 0 Å². The molecule has 0 radical (unpaired) electrons. The van der Waals surface area contributed by atoms with Gasteiger partial charge in [0.25, 0.3) is 0 Å². The van der Waals surface area contributed by atoms with E-state index in [0.717, 1.165) is 12.8 Å². The van der Waals surface area contributed by atoms with Gasteiger partial charge in [-0.25, -0.2) is 4.79 Å². The number of benzene rings is 3. The molecule has 0 saturated heterocycles. The lowest BCUT2D eigenvalue weighted by Gasteiger charge is -2.20. The molecule has 0 aromatic heterocycles.